The Morgan fingerprint density at radius 2 is 1.95 bits per heavy atom. The Morgan fingerprint density at radius 1 is 1.10 bits per heavy atom. The largest absolute Gasteiger partial charge is 0.495 e. The standard InChI is InChI=1S/C17H21NO2/c1-4-20-15-7-5-6-14(11-15)12-18-16-10-13(2)8-9-17(16)19-3/h5-11,18H,4,12H2,1-3H3. The van der Waals surface area contributed by atoms with E-state index >= 15 is 0 Å². The van der Waals surface area contributed by atoms with Gasteiger partial charge in [0.05, 0.1) is 19.4 Å². The lowest BCUT2D eigenvalue weighted by atomic mass is 10.2. The fourth-order valence-electron chi connectivity index (χ4n) is 2.07. The third-order valence-electron chi connectivity index (χ3n) is 3.05. The summed E-state index contributed by atoms with van der Waals surface area (Å²) < 4.78 is 10.9. The zero-order valence-electron chi connectivity index (χ0n) is 12.3. The van der Waals surface area contributed by atoms with Crippen LogP contribution in [0.1, 0.15) is 18.1 Å². The summed E-state index contributed by atoms with van der Waals surface area (Å²) in [5.74, 6) is 1.76. The van der Waals surface area contributed by atoms with E-state index in [0.29, 0.717) is 6.61 Å². The smallest absolute Gasteiger partial charge is 0.141 e. The van der Waals surface area contributed by atoms with Crippen LogP contribution in [-0.4, -0.2) is 13.7 Å². The van der Waals surface area contributed by atoms with Crippen LogP contribution in [0.4, 0.5) is 5.69 Å². The molecule has 0 atom stereocenters. The number of hydrogen-bond acceptors (Lipinski definition) is 3. The molecule has 0 fully saturated rings. The highest BCUT2D eigenvalue weighted by Crippen LogP contribution is 2.26. The van der Waals surface area contributed by atoms with Crippen LogP contribution < -0.4 is 14.8 Å². The molecule has 2 aromatic rings. The van der Waals surface area contributed by atoms with Crippen LogP contribution in [0.3, 0.4) is 0 Å². The molecule has 106 valence electrons. The second kappa shape index (κ2) is 6.85. The fraction of sp³-hybridized carbons (Fsp3) is 0.294. The molecule has 0 saturated carbocycles. The summed E-state index contributed by atoms with van der Waals surface area (Å²) in [5, 5.41) is 3.41. The van der Waals surface area contributed by atoms with Gasteiger partial charge in [-0.05, 0) is 49.2 Å². The minimum atomic E-state index is 0.683. The van der Waals surface area contributed by atoms with Gasteiger partial charge in [-0.2, -0.15) is 0 Å². The summed E-state index contributed by atoms with van der Waals surface area (Å²) in [5.41, 5.74) is 3.39. The van der Waals surface area contributed by atoms with Gasteiger partial charge in [0.2, 0.25) is 0 Å². The molecular formula is C17H21NO2. The first-order valence-corrected chi connectivity index (χ1v) is 6.83. The van der Waals surface area contributed by atoms with Crippen molar-refractivity contribution < 1.29 is 9.47 Å². The van der Waals surface area contributed by atoms with E-state index < -0.39 is 0 Å². The zero-order chi connectivity index (χ0) is 14.4. The Balaban J connectivity index is 2.08. The molecule has 0 aromatic heterocycles. The van der Waals surface area contributed by atoms with Gasteiger partial charge in [-0.1, -0.05) is 18.2 Å². The number of hydrogen-bond donors (Lipinski definition) is 1. The summed E-state index contributed by atoms with van der Waals surface area (Å²) in [6, 6.07) is 14.2. The topological polar surface area (TPSA) is 30.5 Å². The molecule has 2 aromatic carbocycles. The predicted octanol–water partition coefficient (Wildman–Crippen LogP) is 4.01. The number of anilines is 1. The summed E-state index contributed by atoms with van der Waals surface area (Å²) in [4.78, 5) is 0. The molecule has 0 radical (unpaired) electrons. The lowest BCUT2D eigenvalue weighted by Gasteiger charge is -2.12. The van der Waals surface area contributed by atoms with Crippen molar-refractivity contribution in [3.63, 3.8) is 0 Å². The summed E-state index contributed by atoms with van der Waals surface area (Å²) >= 11 is 0. The number of aryl methyl sites for hydroxylation is 1. The molecule has 3 heteroatoms. The Labute approximate surface area is 120 Å². The molecule has 2 rings (SSSR count). The van der Waals surface area contributed by atoms with Gasteiger partial charge in [-0.3, -0.25) is 0 Å². The lowest BCUT2D eigenvalue weighted by molar-refractivity contribution is 0.340. The molecule has 0 bridgehead atoms. The first-order valence-electron chi connectivity index (χ1n) is 6.83. The van der Waals surface area contributed by atoms with E-state index in [1.807, 2.05) is 31.2 Å². The van der Waals surface area contributed by atoms with Crippen molar-refractivity contribution in [2.75, 3.05) is 19.0 Å². The highest BCUT2D eigenvalue weighted by Gasteiger charge is 2.03. The van der Waals surface area contributed by atoms with Crippen LogP contribution in [0.2, 0.25) is 0 Å². The Morgan fingerprint density at radius 3 is 2.70 bits per heavy atom. The molecule has 0 unspecified atom stereocenters. The van der Waals surface area contributed by atoms with Crippen molar-refractivity contribution in [3.8, 4) is 11.5 Å². The van der Waals surface area contributed by atoms with E-state index in [1.54, 1.807) is 7.11 Å². The van der Waals surface area contributed by atoms with Crippen molar-refractivity contribution >= 4 is 5.69 Å². The van der Waals surface area contributed by atoms with Gasteiger partial charge in [-0.25, -0.2) is 0 Å². The van der Waals surface area contributed by atoms with Gasteiger partial charge in [0, 0.05) is 6.54 Å². The number of ether oxygens (including phenoxy) is 2. The van der Waals surface area contributed by atoms with Crippen LogP contribution >= 0.6 is 0 Å². The van der Waals surface area contributed by atoms with Crippen LogP contribution in [0.25, 0.3) is 0 Å². The highest BCUT2D eigenvalue weighted by molar-refractivity contribution is 5.58. The number of methoxy groups -OCH3 is 1. The minimum absolute atomic E-state index is 0.683. The fourth-order valence-corrected chi connectivity index (χ4v) is 2.07. The minimum Gasteiger partial charge on any atom is -0.495 e. The highest BCUT2D eigenvalue weighted by atomic mass is 16.5. The van der Waals surface area contributed by atoms with Gasteiger partial charge in [0.1, 0.15) is 11.5 Å². The van der Waals surface area contributed by atoms with Gasteiger partial charge < -0.3 is 14.8 Å². The van der Waals surface area contributed by atoms with E-state index in [-0.39, 0.29) is 0 Å². The number of nitrogens with one attached hydrogen (secondary N) is 1. The van der Waals surface area contributed by atoms with E-state index in [9.17, 15) is 0 Å². The monoisotopic (exact) mass is 271 g/mol. The van der Waals surface area contributed by atoms with Crippen LogP contribution in [-0.2, 0) is 6.54 Å². The molecule has 1 N–H and O–H groups in total. The molecule has 0 heterocycles. The molecule has 0 saturated heterocycles. The molecule has 0 amide bonds. The maximum atomic E-state index is 5.51. The third-order valence-corrected chi connectivity index (χ3v) is 3.05. The second-order valence-electron chi connectivity index (χ2n) is 4.64. The van der Waals surface area contributed by atoms with Crippen LogP contribution in [0, 0.1) is 6.92 Å². The molecule has 0 spiro atoms. The third kappa shape index (κ3) is 3.67. The van der Waals surface area contributed by atoms with E-state index in [1.165, 1.54) is 11.1 Å². The maximum absolute atomic E-state index is 5.51. The summed E-state index contributed by atoms with van der Waals surface area (Å²) in [6.07, 6.45) is 0. The quantitative estimate of drug-likeness (QED) is 0.861. The van der Waals surface area contributed by atoms with Crippen LogP contribution in [0.5, 0.6) is 11.5 Å². The van der Waals surface area contributed by atoms with Gasteiger partial charge in [-0.15, -0.1) is 0 Å². The lowest BCUT2D eigenvalue weighted by Crippen LogP contribution is -2.02. The summed E-state index contributed by atoms with van der Waals surface area (Å²) in [6.45, 7) is 5.48. The van der Waals surface area contributed by atoms with E-state index in [0.717, 1.165) is 23.7 Å². The van der Waals surface area contributed by atoms with Crippen molar-refractivity contribution in [2.45, 2.75) is 20.4 Å². The number of rotatable bonds is 6. The Hall–Kier alpha value is -2.16. The maximum Gasteiger partial charge on any atom is 0.141 e. The van der Waals surface area contributed by atoms with Gasteiger partial charge in [0.15, 0.2) is 0 Å². The van der Waals surface area contributed by atoms with Gasteiger partial charge >= 0.3 is 0 Å². The zero-order valence-corrected chi connectivity index (χ0v) is 12.3. The summed E-state index contributed by atoms with van der Waals surface area (Å²) in [7, 11) is 1.69. The molecule has 20 heavy (non-hydrogen) atoms. The SMILES string of the molecule is CCOc1cccc(CNc2cc(C)ccc2OC)c1. The first-order chi connectivity index (χ1) is 9.72. The van der Waals surface area contributed by atoms with Crippen molar-refractivity contribution in [1.82, 2.24) is 0 Å². The Bertz CT molecular complexity index is 567. The molecular weight excluding hydrogens is 250 g/mol. The second-order valence-corrected chi connectivity index (χ2v) is 4.64. The van der Waals surface area contributed by atoms with E-state index in [4.69, 9.17) is 9.47 Å². The first kappa shape index (κ1) is 14.3. The average molecular weight is 271 g/mol. The molecule has 3 nitrogen and oxygen atoms in total. The van der Waals surface area contributed by atoms with Crippen LogP contribution in [0.15, 0.2) is 42.5 Å². The van der Waals surface area contributed by atoms with E-state index in [2.05, 4.69) is 30.4 Å². The molecule has 0 aliphatic rings. The van der Waals surface area contributed by atoms with Gasteiger partial charge in [0.25, 0.3) is 0 Å². The molecule has 0 aliphatic heterocycles. The van der Waals surface area contributed by atoms with Crippen molar-refractivity contribution in [3.05, 3.63) is 53.6 Å². The number of benzene rings is 2. The normalized spacial score (nSPS) is 10.2. The predicted molar refractivity (Wildman–Crippen MR) is 82.7 cm³/mol. The van der Waals surface area contributed by atoms with Crippen molar-refractivity contribution in [2.24, 2.45) is 0 Å². The Kier molecular flexibility index (Phi) is 4.88. The van der Waals surface area contributed by atoms with Crippen molar-refractivity contribution in [1.29, 1.82) is 0 Å². The average Bonchev–Trinajstić information content (AvgIpc) is 2.46. The molecule has 0 aliphatic carbocycles.